The summed E-state index contributed by atoms with van der Waals surface area (Å²) in [7, 11) is 0. The summed E-state index contributed by atoms with van der Waals surface area (Å²) in [4.78, 5) is 3.31. The van der Waals surface area contributed by atoms with Gasteiger partial charge < -0.3 is 4.42 Å². The van der Waals surface area contributed by atoms with Crippen LogP contribution in [0.25, 0.3) is 11.1 Å². The third kappa shape index (κ3) is 1.49. The Morgan fingerprint density at radius 1 is 1.44 bits per heavy atom. The molecule has 0 atom stereocenters. The largest absolute Gasteiger partial charge is 0.461 e. The molecule has 0 aliphatic heterocycles. The molecule has 2 rings (SSSR count). The summed E-state index contributed by atoms with van der Waals surface area (Å²) in [5.41, 5.74) is -2.08. The van der Waals surface area contributed by atoms with Crippen molar-refractivity contribution < 1.29 is 17.6 Å². The van der Waals surface area contributed by atoms with E-state index in [0.717, 1.165) is 6.26 Å². The van der Waals surface area contributed by atoms with Crippen molar-refractivity contribution in [2.24, 2.45) is 0 Å². The molecule has 0 saturated heterocycles. The smallest absolute Gasteiger partial charge is 0.434 e. The number of pyridine rings is 1. The zero-order valence-electron chi connectivity index (χ0n) is 7.47. The second kappa shape index (κ2) is 3.39. The van der Waals surface area contributed by atoms with E-state index in [-0.39, 0.29) is 16.1 Å². The van der Waals surface area contributed by atoms with Gasteiger partial charge in [-0.3, -0.25) is 0 Å². The molecule has 0 aliphatic rings. The predicted octanol–water partition coefficient (Wildman–Crippen LogP) is 3.37. The van der Waals surface area contributed by atoms with Crippen LogP contribution >= 0.6 is 11.6 Å². The van der Waals surface area contributed by atoms with Gasteiger partial charge in [-0.15, -0.1) is 0 Å². The van der Waals surface area contributed by atoms with E-state index in [0.29, 0.717) is 0 Å². The number of hydrogen-bond acceptors (Lipinski definition) is 3. The first-order valence-corrected chi connectivity index (χ1v) is 4.37. The molecule has 0 bridgehead atoms. The van der Waals surface area contributed by atoms with Crippen LogP contribution < -0.4 is 0 Å². The predicted molar refractivity (Wildman–Crippen MR) is 48.7 cm³/mol. The van der Waals surface area contributed by atoms with Gasteiger partial charge in [0.1, 0.15) is 22.2 Å². The Morgan fingerprint density at radius 3 is 2.69 bits per heavy atom. The topological polar surface area (TPSA) is 49.8 Å². The van der Waals surface area contributed by atoms with Gasteiger partial charge in [0.2, 0.25) is 0 Å². The zero-order valence-corrected chi connectivity index (χ0v) is 8.23. The molecule has 2 heterocycles. The lowest BCUT2D eigenvalue weighted by Crippen LogP contribution is -2.11. The van der Waals surface area contributed by atoms with E-state index >= 15 is 0 Å². The molecule has 3 nitrogen and oxygen atoms in total. The van der Waals surface area contributed by atoms with Gasteiger partial charge in [0.05, 0.1) is 6.26 Å². The molecule has 0 N–H and O–H groups in total. The number of nitrogens with zero attached hydrogens (tertiary/aromatic N) is 2. The molecule has 16 heavy (non-hydrogen) atoms. The van der Waals surface area contributed by atoms with Gasteiger partial charge in [0.25, 0.3) is 0 Å². The van der Waals surface area contributed by atoms with Gasteiger partial charge in [-0.1, -0.05) is 11.6 Å². The van der Waals surface area contributed by atoms with Gasteiger partial charge in [0.15, 0.2) is 11.3 Å². The second-order valence-corrected chi connectivity index (χ2v) is 3.27. The van der Waals surface area contributed by atoms with Crippen molar-refractivity contribution in [2.75, 3.05) is 0 Å². The molecule has 0 aliphatic carbocycles. The van der Waals surface area contributed by atoms with Gasteiger partial charge in [0, 0.05) is 6.07 Å². The highest BCUT2D eigenvalue weighted by Crippen LogP contribution is 2.36. The molecule has 0 amide bonds. The maximum Gasteiger partial charge on any atom is 0.434 e. The fourth-order valence-electron chi connectivity index (χ4n) is 1.26. The van der Waals surface area contributed by atoms with Crippen LogP contribution in [-0.4, -0.2) is 4.98 Å². The Morgan fingerprint density at radius 2 is 2.12 bits per heavy atom. The minimum absolute atomic E-state index is 0.0220. The molecule has 82 valence electrons. The number of alkyl halides is 3. The molecule has 0 spiro atoms. The van der Waals surface area contributed by atoms with Crippen molar-refractivity contribution in [2.45, 2.75) is 6.18 Å². The second-order valence-electron chi connectivity index (χ2n) is 2.89. The highest BCUT2D eigenvalue weighted by atomic mass is 35.5. The first-order chi connectivity index (χ1) is 7.45. The average Bonchev–Trinajstić information content (AvgIpc) is 2.64. The van der Waals surface area contributed by atoms with Crippen LogP contribution in [0.15, 0.2) is 16.7 Å². The minimum atomic E-state index is -4.72. The number of halogens is 4. The number of rotatable bonds is 0. The lowest BCUT2D eigenvalue weighted by Gasteiger charge is -2.08. The molecular formula is C9H2ClF3N2O. The van der Waals surface area contributed by atoms with Gasteiger partial charge in [-0.25, -0.2) is 4.98 Å². The fourth-order valence-corrected chi connectivity index (χ4v) is 1.53. The van der Waals surface area contributed by atoms with Crippen LogP contribution in [0.3, 0.4) is 0 Å². The van der Waals surface area contributed by atoms with Crippen LogP contribution in [0.2, 0.25) is 5.02 Å². The third-order valence-electron chi connectivity index (χ3n) is 1.91. The van der Waals surface area contributed by atoms with Crippen molar-refractivity contribution in [3.8, 4) is 6.07 Å². The Kier molecular flexibility index (Phi) is 2.28. The highest BCUT2D eigenvalue weighted by molar-refractivity contribution is 6.35. The molecule has 0 fully saturated rings. The Bertz CT molecular complexity index is 597. The quantitative estimate of drug-likeness (QED) is 0.716. The molecule has 7 heteroatoms. The molecule has 0 radical (unpaired) electrons. The summed E-state index contributed by atoms with van der Waals surface area (Å²) in [6.45, 7) is 0. The van der Waals surface area contributed by atoms with E-state index in [1.807, 2.05) is 0 Å². The van der Waals surface area contributed by atoms with Crippen LogP contribution in [0.1, 0.15) is 11.3 Å². The Hall–Kier alpha value is -1.74. The number of aromatic nitrogens is 1. The van der Waals surface area contributed by atoms with Crippen molar-refractivity contribution in [1.82, 2.24) is 4.98 Å². The number of hydrogen-bond donors (Lipinski definition) is 0. The first-order valence-electron chi connectivity index (χ1n) is 3.99. The molecule has 0 unspecified atom stereocenters. The minimum Gasteiger partial charge on any atom is -0.461 e. The monoisotopic (exact) mass is 246 g/mol. The molecule has 2 aromatic rings. The van der Waals surface area contributed by atoms with Crippen molar-refractivity contribution in [3.63, 3.8) is 0 Å². The summed E-state index contributed by atoms with van der Waals surface area (Å²) in [6.07, 6.45) is -3.56. The molecule has 2 aromatic heterocycles. The summed E-state index contributed by atoms with van der Waals surface area (Å²) >= 11 is 5.64. The van der Waals surface area contributed by atoms with Crippen molar-refractivity contribution >= 4 is 22.7 Å². The fraction of sp³-hybridized carbons (Fsp3) is 0.111. The third-order valence-corrected chi connectivity index (χ3v) is 2.27. The van der Waals surface area contributed by atoms with E-state index < -0.39 is 17.4 Å². The normalized spacial score (nSPS) is 11.7. The van der Waals surface area contributed by atoms with Gasteiger partial charge >= 0.3 is 6.18 Å². The zero-order chi connectivity index (χ0) is 11.9. The van der Waals surface area contributed by atoms with Crippen molar-refractivity contribution in [3.05, 3.63) is 28.6 Å². The van der Waals surface area contributed by atoms with Crippen LogP contribution in [0.4, 0.5) is 13.2 Å². The SMILES string of the molecule is N#Cc1c(C(F)(F)F)nc2ccoc2c1Cl. The average molecular weight is 247 g/mol. The van der Waals surface area contributed by atoms with E-state index in [1.165, 1.54) is 12.1 Å². The van der Waals surface area contributed by atoms with E-state index in [1.54, 1.807) is 0 Å². The lowest BCUT2D eigenvalue weighted by molar-refractivity contribution is -0.141. The van der Waals surface area contributed by atoms with Crippen molar-refractivity contribution in [1.29, 1.82) is 5.26 Å². The van der Waals surface area contributed by atoms with E-state index in [4.69, 9.17) is 21.3 Å². The van der Waals surface area contributed by atoms with Gasteiger partial charge in [-0.2, -0.15) is 18.4 Å². The van der Waals surface area contributed by atoms with Crippen LogP contribution in [-0.2, 0) is 6.18 Å². The number of nitriles is 1. The van der Waals surface area contributed by atoms with Crippen LogP contribution in [0.5, 0.6) is 0 Å². The summed E-state index contributed by atoms with van der Waals surface area (Å²) in [6, 6.07) is 2.63. The molecular weight excluding hydrogens is 245 g/mol. The first kappa shape index (κ1) is 10.8. The number of furan rings is 1. The highest BCUT2D eigenvalue weighted by Gasteiger charge is 2.37. The lowest BCUT2D eigenvalue weighted by atomic mass is 10.2. The Balaban J connectivity index is 2.89. The van der Waals surface area contributed by atoms with E-state index in [9.17, 15) is 13.2 Å². The Labute approximate surface area is 92.0 Å². The van der Waals surface area contributed by atoms with Gasteiger partial charge in [-0.05, 0) is 0 Å². The number of fused-ring (bicyclic) bond motifs is 1. The summed E-state index contributed by atoms with van der Waals surface area (Å²) in [5, 5.41) is 8.27. The maximum atomic E-state index is 12.5. The van der Waals surface area contributed by atoms with E-state index in [2.05, 4.69) is 4.98 Å². The maximum absolute atomic E-state index is 12.5. The standard InChI is InChI=1S/C9H2ClF3N2O/c10-6-4(3-14)8(9(11,12)13)15-5-1-2-16-7(5)6/h1-2H. The summed E-state index contributed by atoms with van der Waals surface area (Å²) in [5.74, 6) is 0. The van der Waals surface area contributed by atoms with Crippen LogP contribution in [0, 0.1) is 11.3 Å². The molecule has 0 saturated carbocycles. The molecule has 0 aromatic carbocycles. The summed E-state index contributed by atoms with van der Waals surface area (Å²) < 4.78 is 42.5.